The molecule has 0 spiro atoms. The topological polar surface area (TPSA) is 84.6 Å². The Bertz CT molecular complexity index is 317. The van der Waals surface area contributed by atoms with Gasteiger partial charge in [0.25, 0.3) is 0 Å². The van der Waals surface area contributed by atoms with E-state index in [1.54, 1.807) is 18.2 Å². The van der Waals surface area contributed by atoms with Crippen molar-refractivity contribution < 1.29 is 14.6 Å². The Morgan fingerprint density at radius 3 is 2.86 bits per heavy atom. The van der Waals surface area contributed by atoms with Crippen LogP contribution in [0.5, 0.6) is 5.75 Å². The first-order valence-corrected chi connectivity index (χ1v) is 4.03. The van der Waals surface area contributed by atoms with Gasteiger partial charge in [-0.1, -0.05) is 6.07 Å². The number of nitrogen functional groups attached to an aromatic ring is 1. The molecular formula is C9H12N2O3. The van der Waals surface area contributed by atoms with Gasteiger partial charge >= 0.3 is 5.97 Å². The highest BCUT2D eigenvalue weighted by Crippen LogP contribution is 2.26. The number of nitrogens with one attached hydrogen (secondary N) is 1. The van der Waals surface area contributed by atoms with Crippen LogP contribution in [0, 0.1) is 0 Å². The summed E-state index contributed by atoms with van der Waals surface area (Å²) in [6.45, 7) is 0. The highest BCUT2D eigenvalue weighted by Gasteiger charge is 2.11. The summed E-state index contributed by atoms with van der Waals surface area (Å²) < 4.78 is 5.03. The van der Waals surface area contributed by atoms with Gasteiger partial charge in [-0.2, -0.15) is 0 Å². The van der Waals surface area contributed by atoms with E-state index in [1.165, 1.54) is 7.11 Å². The number of hydrogen-bond donors (Lipinski definition) is 3. The van der Waals surface area contributed by atoms with Crippen molar-refractivity contribution in [2.75, 3.05) is 12.5 Å². The van der Waals surface area contributed by atoms with Gasteiger partial charge < -0.3 is 15.3 Å². The molecule has 0 aliphatic carbocycles. The van der Waals surface area contributed by atoms with Crippen molar-refractivity contribution in [3.8, 4) is 5.75 Å². The van der Waals surface area contributed by atoms with Gasteiger partial charge in [-0.15, -0.1) is 0 Å². The minimum Gasteiger partial charge on any atom is -0.496 e. The van der Waals surface area contributed by atoms with Gasteiger partial charge in [0, 0.05) is 5.56 Å². The highest BCUT2D eigenvalue weighted by molar-refractivity contribution is 5.75. The summed E-state index contributed by atoms with van der Waals surface area (Å²) in [6.07, 6.45) is -0.121. The minimum absolute atomic E-state index is 0.121. The van der Waals surface area contributed by atoms with Gasteiger partial charge in [-0.3, -0.25) is 10.6 Å². The third kappa shape index (κ3) is 2.14. The molecular weight excluding hydrogens is 184 g/mol. The fraction of sp³-hybridized carbons (Fsp3) is 0.222. The Balaban J connectivity index is 3.12. The Morgan fingerprint density at radius 1 is 1.64 bits per heavy atom. The third-order valence-electron chi connectivity index (χ3n) is 1.84. The van der Waals surface area contributed by atoms with Crippen LogP contribution >= 0.6 is 0 Å². The van der Waals surface area contributed by atoms with Crippen LogP contribution in [0.1, 0.15) is 5.56 Å². The molecule has 14 heavy (non-hydrogen) atoms. The molecule has 0 heterocycles. The first kappa shape index (κ1) is 10.3. The molecule has 0 radical (unpaired) electrons. The van der Waals surface area contributed by atoms with E-state index in [9.17, 15) is 4.79 Å². The molecule has 0 amide bonds. The summed E-state index contributed by atoms with van der Waals surface area (Å²) in [5, 5.41) is 8.68. The number of carboxylic acids is 1. The number of benzene rings is 1. The van der Waals surface area contributed by atoms with E-state index in [0.29, 0.717) is 17.0 Å². The lowest BCUT2D eigenvalue weighted by Gasteiger charge is -2.11. The summed E-state index contributed by atoms with van der Waals surface area (Å²) in [7, 11) is 1.49. The van der Waals surface area contributed by atoms with Crippen LogP contribution in [0.15, 0.2) is 18.2 Å². The Kier molecular flexibility index (Phi) is 3.30. The van der Waals surface area contributed by atoms with Gasteiger partial charge in [0.15, 0.2) is 0 Å². The lowest BCUT2D eigenvalue weighted by molar-refractivity contribution is -0.136. The number of ether oxygens (including phenoxy) is 1. The van der Waals surface area contributed by atoms with Crippen LogP contribution in [0.4, 0.5) is 5.69 Å². The molecule has 0 saturated carbocycles. The highest BCUT2D eigenvalue weighted by atomic mass is 16.5. The van der Waals surface area contributed by atoms with Gasteiger partial charge in [-0.05, 0) is 12.1 Å². The number of nitrogens with two attached hydrogens (primary N) is 1. The Labute approximate surface area is 81.5 Å². The maximum absolute atomic E-state index is 10.6. The molecule has 0 unspecified atom stereocenters. The number of rotatable bonds is 4. The molecule has 0 atom stereocenters. The van der Waals surface area contributed by atoms with Crippen LogP contribution in [0.25, 0.3) is 0 Å². The van der Waals surface area contributed by atoms with E-state index in [0.717, 1.165) is 0 Å². The normalized spacial score (nSPS) is 9.57. The van der Waals surface area contributed by atoms with E-state index in [4.69, 9.17) is 15.7 Å². The number of carbonyl (C=O) groups is 1. The second kappa shape index (κ2) is 4.48. The molecule has 1 aromatic carbocycles. The smallest absolute Gasteiger partial charge is 0.308 e. The van der Waals surface area contributed by atoms with E-state index < -0.39 is 5.97 Å². The van der Waals surface area contributed by atoms with E-state index >= 15 is 0 Å². The predicted molar refractivity (Wildman–Crippen MR) is 52.1 cm³/mol. The fourth-order valence-electron chi connectivity index (χ4n) is 1.23. The molecule has 5 heteroatoms. The summed E-state index contributed by atoms with van der Waals surface area (Å²) in [6, 6.07) is 5.12. The largest absolute Gasteiger partial charge is 0.496 e. The van der Waals surface area contributed by atoms with Gasteiger partial charge in [-0.25, -0.2) is 0 Å². The molecule has 0 saturated heterocycles. The SMILES string of the molecule is COc1cccc(NN)c1CC(=O)O. The van der Waals surface area contributed by atoms with Crippen LogP contribution in [0.3, 0.4) is 0 Å². The number of aliphatic carboxylic acids is 1. The molecule has 0 aliphatic heterocycles. The maximum Gasteiger partial charge on any atom is 0.308 e. The van der Waals surface area contributed by atoms with Crippen molar-refractivity contribution in [1.82, 2.24) is 0 Å². The number of methoxy groups -OCH3 is 1. The van der Waals surface area contributed by atoms with Crippen LogP contribution in [-0.2, 0) is 11.2 Å². The van der Waals surface area contributed by atoms with Crippen molar-refractivity contribution in [2.24, 2.45) is 5.84 Å². The summed E-state index contributed by atoms with van der Waals surface area (Å²) in [5.41, 5.74) is 3.54. The maximum atomic E-state index is 10.6. The average molecular weight is 196 g/mol. The molecule has 0 bridgehead atoms. The van der Waals surface area contributed by atoms with E-state index in [-0.39, 0.29) is 6.42 Å². The van der Waals surface area contributed by atoms with Gasteiger partial charge in [0.2, 0.25) is 0 Å². The summed E-state index contributed by atoms with van der Waals surface area (Å²) >= 11 is 0. The zero-order valence-electron chi connectivity index (χ0n) is 7.78. The molecule has 1 rings (SSSR count). The molecule has 1 aromatic rings. The molecule has 0 fully saturated rings. The van der Waals surface area contributed by atoms with Crippen molar-refractivity contribution in [2.45, 2.75) is 6.42 Å². The lowest BCUT2D eigenvalue weighted by Crippen LogP contribution is -2.12. The van der Waals surface area contributed by atoms with Crippen LogP contribution in [0.2, 0.25) is 0 Å². The molecule has 4 N–H and O–H groups in total. The zero-order chi connectivity index (χ0) is 10.6. The van der Waals surface area contributed by atoms with E-state index in [2.05, 4.69) is 5.43 Å². The monoisotopic (exact) mass is 196 g/mol. The first-order valence-electron chi connectivity index (χ1n) is 4.03. The Hall–Kier alpha value is -1.75. The summed E-state index contributed by atoms with van der Waals surface area (Å²) in [5.74, 6) is 4.84. The second-order valence-corrected chi connectivity index (χ2v) is 2.70. The molecule has 76 valence electrons. The van der Waals surface area contributed by atoms with E-state index in [1.807, 2.05) is 0 Å². The minimum atomic E-state index is -0.925. The standard InChI is InChI=1S/C9H12N2O3/c1-14-8-4-2-3-7(11-10)6(8)5-9(12)13/h2-4,11H,5,10H2,1H3,(H,12,13). The second-order valence-electron chi connectivity index (χ2n) is 2.70. The van der Waals surface area contributed by atoms with Crippen molar-refractivity contribution >= 4 is 11.7 Å². The van der Waals surface area contributed by atoms with Crippen molar-refractivity contribution in [3.05, 3.63) is 23.8 Å². The van der Waals surface area contributed by atoms with Crippen molar-refractivity contribution in [3.63, 3.8) is 0 Å². The van der Waals surface area contributed by atoms with Gasteiger partial charge in [0.05, 0.1) is 19.2 Å². The van der Waals surface area contributed by atoms with Gasteiger partial charge in [0.1, 0.15) is 5.75 Å². The quantitative estimate of drug-likeness (QED) is 0.485. The number of carboxylic acid groups (broad SMARTS) is 1. The average Bonchev–Trinajstić information content (AvgIpc) is 2.17. The predicted octanol–water partition coefficient (Wildman–Crippen LogP) is 0.608. The third-order valence-corrected chi connectivity index (χ3v) is 1.84. The number of hydrazine groups is 1. The molecule has 0 aliphatic rings. The van der Waals surface area contributed by atoms with Crippen LogP contribution in [-0.4, -0.2) is 18.2 Å². The first-order chi connectivity index (χ1) is 6.69. The number of hydrogen-bond acceptors (Lipinski definition) is 4. The molecule has 0 aromatic heterocycles. The summed E-state index contributed by atoms with van der Waals surface area (Å²) in [4.78, 5) is 10.6. The lowest BCUT2D eigenvalue weighted by atomic mass is 10.1. The Morgan fingerprint density at radius 2 is 2.36 bits per heavy atom. The van der Waals surface area contributed by atoms with Crippen LogP contribution < -0.4 is 16.0 Å². The molecule has 5 nitrogen and oxygen atoms in total. The number of anilines is 1. The zero-order valence-corrected chi connectivity index (χ0v) is 7.78. The fourth-order valence-corrected chi connectivity index (χ4v) is 1.23. The van der Waals surface area contributed by atoms with Crippen molar-refractivity contribution in [1.29, 1.82) is 0 Å².